The molecule has 1 fully saturated rings. The normalized spacial score (nSPS) is 15.2. The number of hydrogen-bond acceptors (Lipinski definition) is 5. The number of hydrogen-bond donors (Lipinski definition) is 1. The molecule has 1 aliphatic rings. The molecule has 1 amide bonds. The van der Waals surface area contributed by atoms with Gasteiger partial charge in [0.05, 0.1) is 11.8 Å². The summed E-state index contributed by atoms with van der Waals surface area (Å²) in [4.78, 5) is 22.5. The SMILES string of the molecule is Cc1ccc(OC(=O)N2CCC(c3nc(-c4cccc(C(F)(F)F)c4)n[nH]3)CC2)cn1. The summed E-state index contributed by atoms with van der Waals surface area (Å²) in [5.41, 5.74) is 0.383. The second kappa shape index (κ2) is 8.37. The molecule has 2 aromatic heterocycles. The third-order valence-electron chi connectivity index (χ3n) is 5.18. The number of ether oxygens (including phenoxy) is 1. The molecule has 1 N–H and O–H groups in total. The summed E-state index contributed by atoms with van der Waals surface area (Å²) in [6.45, 7) is 2.79. The van der Waals surface area contributed by atoms with Crippen LogP contribution in [-0.2, 0) is 6.18 Å². The van der Waals surface area contributed by atoms with Crippen LogP contribution in [0, 0.1) is 6.92 Å². The zero-order valence-corrected chi connectivity index (χ0v) is 16.7. The number of aryl methyl sites for hydroxylation is 1. The quantitative estimate of drug-likeness (QED) is 0.657. The molecule has 31 heavy (non-hydrogen) atoms. The smallest absolute Gasteiger partial charge is 0.409 e. The number of halogens is 3. The predicted octanol–water partition coefficient (Wildman–Crippen LogP) is 4.57. The second-order valence-electron chi connectivity index (χ2n) is 7.39. The minimum atomic E-state index is -4.43. The van der Waals surface area contributed by atoms with Gasteiger partial charge in [-0.2, -0.15) is 18.3 Å². The van der Waals surface area contributed by atoms with Crippen LogP contribution in [0.3, 0.4) is 0 Å². The van der Waals surface area contributed by atoms with E-state index in [0.29, 0.717) is 43.1 Å². The average molecular weight is 431 g/mol. The highest BCUT2D eigenvalue weighted by Gasteiger charge is 2.31. The topological polar surface area (TPSA) is 84.0 Å². The number of likely N-dealkylation sites (tertiary alicyclic amines) is 1. The van der Waals surface area contributed by atoms with Crippen LogP contribution in [0.4, 0.5) is 18.0 Å². The first-order valence-corrected chi connectivity index (χ1v) is 9.79. The minimum absolute atomic E-state index is 0.0251. The van der Waals surface area contributed by atoms with Crippen molar-refractivity contribution in [2.75, 3.05) is 13.1 Å². The molecule has 0 bridgehead atoms. The first-order valence-electron chi connectivity index (χ1n) is 9.79. The zero-order valence-electron chi connectivity index (χ0n) is 16.7. The molecule has 0 saturated carbocycles. The predicted molar refractivity (Wildman–Crippen MR) is 105 cm³/mol. The van der Waals surface area contributed by atoms with Crippen molar-refractivity contribution in [2.24, 2.45) is 0 Å². The molecule has 1 aromatic carbocycles. The molecule has 1 aliphatic heterocycles. The van der Waals surface area contributed by atoms with E-state index < -0.39 is 17.8 Å². The number of nitrogens with zero attached hydrogens (tertiary/aromatic N) is 4. The van der Waals surface area contributed by atoms with Crippen molar-refractivity contribution in [1.82, 2.24) is 25.1 Å². The molecule has 0 radical (unpaired) electrons. The monoisotopic (exact) mass is 431 g/mol. The lowest BCUT2D eigenvalue weighted by atomic mass is 9.96. The first kappa shape index (κ1) is 20.8. The average Bonchev–Trinajstić information content (AvgIpc) is 3.25. The van der Waals surface area contributed by atoms with Gasteiger partial charge in [0.1, 0.15) is 5.82 Å². The van der Waals surface area contributed by atoms with E-state index in [1.165, 1.54) is 12.3 Å². The number of nitrogens with one attached hydrogen (secondary N) is 1. The summed E-state index contributed by atoms with van der Waals surface area (Å²) in [5, 5.41) is 6.92. The van der Waals surface area contributed by atoms with Gasteiger partial charge in [-0.3, -0.25) is 10.1 Å². The molecule has 0 atom stereocenters. The van der Waals surface area contributed by atoms with Gasteiger partial charge in [-0.15, -0.1) is 0 Å². The lowest BCUT2D eigenvalue weighted by Crippen LogP contribution is -2.39. The Morgan fingerprint density at radius 3 is 2.65 bits per heavy atom. The highest BCUT2D eigenvalue weighted by atomic mass is 19.4. The highest BCUT2D eigenvalue weighted by molar-refractivity contribution is 5.70. The maximum atomic E-state index is 12.9. The molecule has 7 nitrogen and oxygen atoms in total. The molecular formula is C21H20F3N5O2. The van der Waals surface area contributed by atoms with Crippen LogP contribution in [-0.4, -0.2) is 44.2 Å². The number of amides is 1. The maximum Gasteiger partial charge on any atom is 0.416 e. The fourth-order valence-corrected chi connectivity index (χ4v) is 3.44. The van der Waals surface area contributed by atoms with E-state index in [1.807, 2.05) is 6.92 Å². The number of pyridine rings is 1. The van der Waals surface area contributed by atoms with Gasteiger partial charge in [0, 0.05) is 30.3 Å². The van der Waals surface area contributed by atoms with Crippen molar-refractivity contribution < 1.29 is 22.7 Å². The Hall–Kier alpha value is -3.43. The van der Waals surface area contributed by atoms with Crippen molar-refractivity contribution in [2.45, 2.75) is 31.9 Å². The molecule has 3 aromatic rings. The van der Waals surface area contributed by atoms with E-state index in [-0.39, 0.29) is 11.7 Å². The molecular weight excluding hydrogens is 411 g/mol. The number of alkyl halides is 3. The van der Waals surface area contributed by atoms with Crippen molar-refractivity contribution in [3.63, 3.8) is 0 Å². The van der Waals surface area contributed by atoms with E-state index in [0.717, 1.165) is 17.8 Å². The Kier molecular flexibility index (Phi) is 5.62. The number of aromatic amines is 1. The van der Waals surface area contributed by atoms with Gasteiger partial charge in [0.25, 0.3) is 0 Å². The van der Waals surface area contributed by atoms with Crippen LogP contribution in [0.1, 0.15) is 35.8 Å². The van der Waals surface area contributed by atoms with Crippen molar-refractivity contribution in [3.05, 3.63) is 59.7 Å². The third-order valence-corrected chi connectivity index (χ3v) is 5.18. The summed E-state index contributed by atoms with van der Waals surface area (Å²) in [7, 11) is 0. The van der Waals surface area contributed by atoms with E-state index in [4.69, 9.17) is 4.74 Å². The number of piperidine rings is 1. The summed E-state index contributed by atoms with van der Waals surface area (Å²) in [6, 6.07) is 8.38. The Morgan fingerprint density at radius 2 is 1.97 bits per heavy atom. The summed E-state index contributed by atoms with van der Waals surface area (Å²) in [5.74, 6) is 1.23. The van der Waals surface area contributed by atoms with Crippen molar-refractivity contribution >= 4 is 6.09 Å². The molecule has 10 heteroatoms. The Balaban J connectivity index is 1.37. The van der Waals surface area contributed by atoms with Gasteiger partial charge in [0.15, 0.2) is 11.6 Å². The van der Waals surface area contributed by atoms with Gasteiger partial charge in [-0.05, 0) is 44.0 Å². The lowest BCUT2D eigenvalue weighted by molar-refractivity contribution is -0.137. The molecule has 1 saturated heterocycles. The van der Waals surface area contributed by atoms with Gasteiger partial charge >= 0.3 is 12.3 Å². The van der Waals surface area contributed by atoms with Gasteiger partial charge < -0.3 is 9.64 Å². The Labute approximate surface area is 176 Å². The number of benzene rings is 1. The van der Waals surface area contributed by atoms with Gasteiger partial charge in [-0.1, -0.05) is 12.1 Å². The first-order chi connectivity index (χ1) is 14.8. The van der Waals surface area contributed by atoms with Gasteiger partial charge in [0.2, 0.25) is 0 Å². The zero-order chi connectivity index (χ0) is 22.0. The largest absolute Gasteiger partial charge is 0.416 e. The molecule has 162 valence electrons. The van der Waals surface area contributed by atoms with Crippen LogP contribution in [0.2, 0.25) is 0 Å². The van der Waals surface area contributed by atoms with Crippen LogP contribution >= 0.6 is 0 Å². The van der Waals surface area contributed by atoms with Crippen molar-refractivity contribution in [1.29, 1.82) is 0 Å². The number of rotatable bonds is 3. The fraction of sp³-hybridized carbons (Fsp3) is 0.333. The highest BCUT2D eigenvalue weighted by Crippen LogP contribution is 2.32. The molecule has 0 spiro atoms. The fourth-order valence-electron chi connectivity index (χ4n) is 3.44. The van der Waals surface area contributed by atoms with Gasteiger partial charge in [-0.25, -0.2) is 9.78 Å². The number of carbonyl (C=O) groups is 1. The number of H-pyrrole nitrogens is 1. The Morgan fingerprint density at radius 1 is 1.19 bits per heavy atom. The van der Waals surface area contributed by atoms with Crippen LogP contribution in [0.5, 0.6) is 5.75 Å². The third kappa shape index (κ3) is 4.84. The van der Waals surface area contributed by atoms with Crippen molar-refractivity contribution in [3.8, 4) is 17.1 Å². The second-order valence-corrected chi connectivity index (χ2v) is 7.39. The molecule has 3 heterocycles. The van der Waals surface area contributed by atoms with Crippen LogP contribution in [0.25, 0.3) is 11.4 Å². The summed E-state index contributed by atoms with van der Waals surface area (Å²) in [6.07, 6.45) is -2.09. The van der Waals surface area contributed by atoms with E-state index >= 15 is 0 Å². The number of carbonyl (C=O) groups excluding carboxylic acids is 1. The Bertz CT molecular complexity index is 1060. The van der Waals surface area contributed by atoms with E-state index in [9.17, 15) is 18.0 Å². The van der Waals surface area contributed by atoms with Crippen LogP contribution < -0.4 is 4.74 Å². The van der Waals surface area contributed by atoms with E-state index in [1.54, 1.807) is 23.1 Å². The number of aromatic nitrogens is 4. The van der Waals surface area contributed by atoms with Crippen LogP contribution in [0.15, 0.2) is 42.6 Å². The summed E-state index contributed by atoms with van der Waals surface area (Å²) >= 11 is 0. The van der Waals surface area contributed by atoms with E-state index in [2.05, 4.69) is 20.2 Å². The molecule has 0 unspecified atom stereocenters. The maximum absolute atomic E-state index is 12.9. The lowest BCUT2D eigenvalue weighted by Gasteiger charge is -2.30. The standard InChI is InChI=1S/C21H20F3N5O2/c1-13-5-6-17(12-25-13)31-20(30)29-9-7-14(8-10-29)18-26-19(28-27-18)15-3-2-4-16(11-15)21(22,23)24/h2-6,11-12,14H,7-10H2,1H3,(H,26,27,28). The minimum Gasteiger partial charge on any atom is -0.409 e. The molecule has 0 aliphatic carbocycles. The summed E-state index contributed by atoms with van der Waals surface area (Å²) < 4.78 is 44.2. The molecule has 4 rings (SSSR count).